The summed E-state index contributed by atoms with van der Waals surface area (Å²) in [5, 5.41) is 2.24. The minimum atomic E-state index is -0.210. The number of amides is 1. The van der Waals surface area contributed by atoms with Gasteiger partial charge in [-0.15, -0.1) is 0 Å². The Balaban J connectivity index is 2.22. The van der Waals surface area contributed by atoms with Crippen molar-refractivity contribution in [2.45, 2.75) is 0 Å². The van der Waals surface area contributed by atoms with Crippen molar-refractivity contribution in [2.75, 3.05) is 14.2 Å². The van der Waals surface area contributed by atoms with Gasteiger partial charge in [-0.1, -0.05) is 18.2 Å². The molecular weight excluding hydrogens is 228 g/mol. The van der Waals surface area contributed by atoms with Crippen LogP contribution < -0.4 is 0 Å². The Bertz CT molecular complexity index is 593. The van der Waals surface area contributed by atoms with E-state index in [2.05, 4.69) is 4.98 Å². The third kappa shape index (κ3) is 2.73. The molecule has 1 heterocycles. The van der Waals surface area contributed by atoms with Crippen LogP contribution in [0.1, 0.15) is 5.56 Å². The van der Waals surface area contributed by atoms with Gasteiger partial charge < -0.3 is 0 Å². The van der Waals surface area contributed by atoms with Crippen LogP contribution in [-0.4, -0.2) is 30.1 Å². The lowest BCUT2D eigenvalue weighted by Gasteiger charge is -2.09. The Labute approximate surface area is 105 Å². The molecule has 2 rings (SSSR count). The second-order valence-electron chi connectivity index (χ2n) is 3.81. The van der Waals surface area contributed by atoms with Gasteiger partial charge in [0.15, 0.2) is 0 Å². The fraction of sp³-hybridized carbons (Fsp3) is 0.143. The van der Waals surface area contributed by atoms with Crippen LogP contribution in [0, 0.1) is 0 Å². The average molecular weight is 242 g/mol. The minimum Gasteiger partial charge on any atom is -0.274 e. The van der Waals surface area contributed by atoms with Crippen LogP contribution >= 0.6 is 0 Å². The lowest BCUT2D eigenvalue weighted by Crippen LogP contribution is -2.22. The van der Waals surface area contributed by atoms with E-state index in [1.54, 1.807) is 19.3 Å². The number of likely N-dealkylation sites (N-methyl/N-ethyl adjacent to an activating group) is 1. The SMILES string of the molecule is CON(C)C(=O)/C=C/c1ccc2cccnc2c1. The van der Waals surface area contributed by atoms with E-state index in [0.717, 1.165) is 21.5 Å². The minimum absolute atomic E-state index is 0.210. The highest BCUT2D eigenvalue weighted by Crippen LogP contribution is 2.14. The van der Waals surface area contributed by atoms with Gasteiger partial charge in [0.1, 0.15) is 0 Å². The molecule has 0 aliphatic carbocycles. The van der Waals surface area contributed by atoms with Gasteiger partial charge in [0, 0.05) is 24.7 Å². The first-order chi connectivity index (χ1) is 8.70. The summed E-state index contributed by atoms with van der Waals surface area (Å²) in [4.78, 5) is 20.6. The third-order valence-corrected chi connectivity index (χ3v) is 2.63. The first-order valence-corrected chi connectivity index (χ1v) is 5.55. The predicted molar refractivity (Wildman–Crippen MR) is 70.6 cm³/mol. The van der Waals surface area contributed by atoms with Crippen LogP contribution in [0.25, 0.3) is 17.0 Å². The quantitative estimate of drug-likeness (QED) is 0.612. The molecule has 4 heteroatoms. The summed E-state index contributed by atoms with van der Waals surface area (Å²) in [6.45, 7) is 0. The van der Waals surface area contributed by atoms with Crippen LogP contribution in [0.3, 0.4) is 0 Å². The molecule has 1 aromatic heterocycles. The second kappa shape index (κ2) is 5.42. The molecule has 0 aliphatic rings. The van der Waals surface area contributed by atoms with E-state index in [9.17, 15) is 4.79 Å². The molecular formula is C14H14N2O2. The van der Waals surface area contributed by atoms with Crippen molar-refractivity contribution in [3.8, 4) is 0 Å². The summed E-state index contributed by atoms with van der Waals surface area (Å²) < 4.78 is 0. The van der Waals surface area contributed by atoms with Crippen molar-refractivity contribution in [3.63, 3.8) is 0 Å². The second-order valence-corrected chi connectivity index (χ2v) is 3.81. The fourth-order valence-corrected chi connectivity index (χ4v) is 1.55. The monoisotopic (exact) mass is 242 g/mol. The Morgan fingerprint density at radius 2 is 2.22 bits per heavy atom. The van der Waals surface area contributed by atoms with Gasteiger partial charge in [0.25, 0.3) is 5.91 Å². The smallest absolute Gasteiger partial charge is 0.269 e. The summed E-state index contributed by atoms with van der Waals surface area (Å²) in [5.41, 5.74) is 1.84. The third-order valence-electron chi connectivity index (χ3n) is 2.63. The van der Waals surface area contributed by atoms with Gasteiger partial charge in [0.2, 0.25) is 0 Å². The molecule has 0 atom stereocenters. The van der Waals surface area contributed by atoms with Crippen molar-refractivity contribution < 1.29 is 9.63 Å². The highest BCUT2D eigenvalue weighted by Gasteiger charge is 2.02. The van der Waals surface area contributed by atoms with Gasteiger partial charge in [0.05, 0.1) is 12.6 Å². The Morgan fingerprint density at radius 1 is 1.39 bits per heavy atom. The van der Waals surface area contributed by atoms with Crippen LogP contribution in [0.5, 0.6) is 0 Å². The summed E-state index contributed by atoms with van der Waals surface area (Å²) >= 11 is 0. The van der Waals surface area contributed by atoms with Crippen molar-refractivity contribution in [1.82, 2.24) is 10.0 Å². The number of fused-ring (bicyclic) bond motifs is 1. The molecule has 0 saturated carbocycles. The van der Waals surface area contributed by atoms with E-state index in [4.69, 9.17) is 4.84 Å². The number of nitrogens with zero attached hydrogens (tertiary/aromatic N) is 2. The number of hydrogen-bond donors (Lipinski definition) is 0. The number of hydrogen-bond acceptors (Lipinski definition) is 3. The highest BCUT2D eigenvalue weighted by molar-refractivity contribution is 5.91. The van der Waals surface area contributed by atoms with E-state index in [-0.39, 0.29) is 5.91 Å². The van der Waals surface area contributed by atoms with Crippen molar-refractivity contribution in [2.24, 2.45) is 0 Å². The number of benzene rings is 1. The summed E-state index contributed by atoms with van der Waals surface area (Å²) in [7, 11) is 3.01. The van der Waals surface area contributed by atoms with Gasteiger partial charge in [-0.25, -0.2) is 5.06 Å². The van der Waals surface area contributed by atoms with E-state index in [0.29, 0.717) is 0 Å². The largest absolute Gasteiger partial charge is 0.274 e. The Morgan fingerprint density at radius 3 is 3.00 bits per heavy atom. The molecule has 0 fully saturated rings. The Kier molecular flexibility index (Phi) is 3.69. The normalized spacial score (nSPS) is 11.0. The lowest BCUT2D eigenvalue weighted by molar-refractivity contribution is -0.162. The maximum absolute atomic E-state index is 11.5. The first kappa shape index (κ1) is 12.3. The van der Waals surface area contributed by atoms with Crippen molar-refractivity contribution in [1.29, 1.82) is 0 Å². The van der Waals surface area contributed by atoms with Gasteiger partial charge in [-0.3, -0.25) is 14.6 Å². The summed E-state index contributed by atoms with van der Waals surface area (Å²) in [5.74, 6) is -0.210. The molecule has 4 nitrogen and oxygen atoms in total. The summed E-state index contributed by atoms with van der Waals surface area (Å²) in [6, 6.07) is 9.76. The number of carbonyl (C=O) groups is 1. The number of hydroxylamine groups is 2. The zero-order valence-corrected chi connectivity index (χ0v) is 10.3. The number of pyridine rings is 1. The molecule has 1 amide bonds. The van der Waals surface area contributed by atoms with Crippen molar-refractivity contribution >= 4 is 22.9 Å². The van der Waals surface area contributed by atoms with Crippen LogP contribution in [-0.2, 0) is 9.63 Å². The number of carbonyl (C=O) groups excluding carboxylic acids is 1. The molecule has 0 radical (unpaired) electrons. The molecule has 0 aliphatic heterocycles. The Hall–Kier alpha value is -2.20. The average Bonchev–Trinajstić information content (AvgIpc) is 2.43. The maximum Gasteiger partial charge on any atom is 0.269 e. The standard InChI is InChI=1S/C14H14N2O2/c1-16(18-2)14(17)8-6-11-5-7-12-4-3-9-15-13(12)10-11/h3-10H,1-2H3/b8-6+. The molecule has 92 valence electrons. The molecule has 0 spiro atoms. The van der Waals surface area contributed by atoms with E-state index in [1.165, 1.54) is 13.2 Å². The summed E-state index contributed by atoms with van der Waals surface area (Å²) in [6.07, 6.45) is 4.96. The lowest BCUT2D eigenvalue weighted by atomic mass is 10.1. The molecule has 0 bridgehead atoms. The van der Waals surface area contributed by atoms with Crippen LogP contribution in [0.2, 0.25) is 0 Å². The maximum atomic E-state index is 11.5. The van der Waals surface area contributed by atoms with Gasteiger partial charge >= 0.3 is 0 Å². The topological polar surface area (TPSA) is 42.4 Å². The molecule has 0 saturated heterocycles. The van der Waals surface area contributed by atoms with Gasteiger partial charge in [-0.2, -0.15) is 0 Å². The van der Waals surface area contributed by atoms with E-state index in [1.807, 2.05) is 30.3 Å². The van der Waals surface area contributed by atoms with Gasteiger partial charge in [-0.05, 0) is 23.8 Å². The first-order valence-electron chi connectivity index (χ1n) is 5.55. The fourth-order valence-electron chi connectivity index (χ4n) is 1.55. The van der Waals surface area contributed by atoms with E-state index >= 15 is 0 Å². The predicted octanol–water partition coefficient (Wildman–Crippen LogP) is 2.27. The van der Waals surface area contributed by atoms with Crippen molar-refractivity contribution in [3.05, 3.63) is 48.2 Å². The molecule has 18 heavy (non-hydrogen) atoms. The molecule has 0 N–H and O–H groups in total. The molecule has 1 aromatic carbocycles. The number of rotatable bonds is 3. The molecule has 2 aromatic rings. The van der Waals surface area contributed by atoms with E-state index < -0.39 is 0 Å². The van der Waals surface area contributed by atoms with Crippen LogP contribution in [0.4, 0.5) is 0 Å². The molecule has 0 unspecified atom stereocenters. The number of aromatic nitrogens is 1. The highest BCUT2D eigenvalue weighted by atomic mass is 16.7. The zero-order valence-electron chi connectivity index (χ0n) is 10.3. The van der Waals surface area contributed by atoms with Crippen LogP contribution in [0.15, 0.2) is 42.6 Å². The zero-order chi connectivity index (χ0) is 13.0.